The molecule has 186 valence electrons. The molecule has 0 aliphatic carbocycles. The number of anilines is 1. The summed E-state index contributed by atoms with van der Waals surface area (Å²) in [5, 5.41) is 0. The summed E-state index contributed by atoms with van der Waals surface area (Å²) in [6.07, 6.45) is 2.33. The molecule has 3 saturated heterocycles. The number of nitrogens with zero attached hydrogens (tertiary/aromatic N) is 4. The number of carbonyl (C=O) groups excluding carboxylic acids is 2. The summed E-state index contributed by atoms with van der Waals surface area (Å²) in [6, 6.07) is 8.86. The molecule has 5 rings (SSSR count). The maximum Gasteiger partial charge on any atom is 0.410 e. The van der Waals surface area contributed by atoms with Crippen LogP contribution in [0.3, 0.4) is 0 Å². The minimum absolute atomic E-state index is 0.0163. The molecule has 34 heavy (non-hydrogen) atoms. The fourth-order valence-electron chi connectivity index (χ4n) is 6.74. The standard InChI is InChI=1S/C25H34F2N4O3/c1-28(2)23(32)30-16-25(20-5-3-4-6-21(20)30)9-11-29(12-10-25)19-13-17-7-8-18(14-19)31(17)24(33)34-15-22(26)27/h3-6,17-19,22H,7-16H2,1-2H3. The Morgan fingerprint density at radius 3 is 2.35 bits per heavy atom. The van der Waals surface area contributed by atoms with E-state index in [0.29, 0.717) is 6.04 Å². The highest BCUT2D eigenvalue weighted by molar-refractivity contribution is 5.95. The third-order valence-electron chi connectivity index (χ3n) is 8.36. The van der Waals surface area contributed by atoms with E-state index in [4.69, 9.17) is 4.74 Å². The summed E-state index contributed by atoms with van der Waals surface area (Å²) in [7, 11) is 3.59. The van der Waals surface area contributed by atoms with Crippen LogP contribution in [0.4, 0.5) is 24.1 Å². The van der Waals surface area contributed by atoms with Crippen molar-refractivity contribution in [1.29, 1.82) is 0 Å². The molecule has 4 aliphatic rings. The first-order chi connectivity index (χ1) is 16.3. The monoisotopic (exact) mass is 476 g/mol. The van der Waals surface area contributed by atoms with Crippen LogP contribution in [0.2, 0.25) is 0 Å². The van der Waals surface area contributed by atoms with Crippen LogP contribution in [0.5, 0.6) is 0 Å². The van der Waals surface area contributed by atoms with Crippen molar-refractivity contribution < 1.29 is 23.1 Å². The van der Waals surface area contributed by atoms with Crippen LogP contribution in [-0.4, -0.2) is 91.7 Å². The summed E-state index contributed by atoms with van der Waals surface area (Å²) in [4.78, 5) is 33.1. The predicted molar refractivity (Wildman–Crippen MR) is 124 cm³/mol. The summed E-state index contributed by atoms with van der Waals surface area (Å²) >= 11 is 0. The van der Waals surface area contributed by atoms with Gasteiger partial charge in [0, 0.05) is 49.9 Å². The van der Waals surface area contributed by atoms with Crippen molar-refractivity contribution in [2.24, 2.45) is 0 Å². The number of para-hydroxylation sites is 1. The molecule has 0 N–H and O–H groups in total. The van der Waals surface area contributed by atoms with Crippen molar-refractivity contribution in [1.82, 2.24) is 14.7 Å². The lowest BCUT2D eigenvalue weighted by Gasteiger charge is -2.47. The van der Waals surface area contributed by atoms with E-state index in [9.17, 15) is 18.4 Å². The topological polar surface area (TPSA) is 56.3 Å². The van der Waals surface area contributed by atoms with E-state index in [0.717, 1.165) is 63.8 Å². The maximum atomic E-state index is 12.9. The van der Waals surface area contributed by atoms with Crippen molar-refractivity contribution in [3.63, 3.8) is 0 Å². The van der Waals surface area contributed by atoms with Crippen LogP contribution >= 0.6 is 0 Å². The molecular weight excluding hydrogens is 442 g/mol. The molecule has 4 aliphatic heterocycles. The number of hydrogen-bond donors (Lipinski definition) is 0. The zero-order valence-electron chi connectivity index (χ0n) is 20.0. The number of carbonyl (C=O) groups is 2. The molecule has 9 heteroatoms. The highest BCUT2D eigenvalue weighted by atomic mass is 19.3. The lowest BCUT2D eigenvalue weighted by atomic mass is 9.73. The van der Waals surface area contributed by atoms with Gasteiger partial charge in [0.2, 0.25) is 0 Å². The van der Waals surface area contributed by atoms with E-state index in [-0.39, 0.29) is 23.5 Å². The number of urea groups is 1. The Morgan fingerprint density at radius 1 is 1.09 bits per heavy atom. The van der Waals surface area contributed by atoms with Crippen molar-refractivity contribution in [2.75, 3.05) is 45.2 Å². The van der Waals surface area contributed by atoms with Crippen LogP contribution in [0, 0.1) is 0 Å². The average Bonchev–Trinajstić information content (AvgIpc) is 3.28. The molecule has 0 radical (unpaired) electrons. The Hall–Kier alpha value is -2.42. The van der Waals surface area contributed by atoms with Gasteiger partial charge in [0.05, 0.1) is 0 Å². The van der Waals surface area contributed by atoms with Crippen LogP contribution in [0.1, 0.15) is 44.1 Å². The van der Waals surface area contributed by atoms with Gasteiger partial charge in [0.1, 0.15) is 0 Å². The van der Waals surface area contributed by atoms with E-state index in [1.807, 2.05) is 11.0 Å². The van der Waals surface area contributed by atoms with Crippen LogP contribution < -0.4 is 4.90 Å². The van der Waals surface area contributed by atoms with Crippen molar-refractivity contribution in [3.8, 4) is 0 Å². The second kappa shape index (κ2) is 8.98. The number of fused-ring (bicyclic) bond motifs is 4. The van der Waals surface area contributed by atoms with Gasteiger partial charge in [-0.1, -0.05) is 18.2 Å². The fraction of sp³-hybridized carbons (Fsp3) is 0.680. The number of amides is 3. The number of likely N-dealkylation sites (tertiary alicyclic amines) is 1. The zero-order chi connectivity index (χ0) is 24.0. The van der Waals surface area contributed by atoms with Gasteiger partial charge in [-0.3, -0.25) is 4.90 Å². The number of rotatable bonds is 3. The summed E-state index contributed by atoms with van der Waals surface area (Å²) in [5.74, 6) is 0. The third-order valence-corrected chi connectivity index (χ3v) is 8.36. The second-order valence-electron chi connectivity index (χ2n) is 10.5. The highest BCUT2D eigenvalue weighted by Crippen LogP contribution is 2.48. The fourth-order valence-corrected chi connectivity index (χ4v) is 6.74. The molecule has 3 amide bonds. The highest BCUT2D eigenvalue weighted by Gasteiger charge is 2.50. The molecule has 2 unspecified atom stereocenters. The van der Waals surface area contributed by atoms with E-state index >= 15 is 0 Å². The first-order valence-corrected chi connectivity index (χ1v) is 12.3. The number of benzene rings is 1. The van der Waals surface area contributed by atoms with Gasteiger partial charge in [-0.2, -0.15) is 0 Å². The number of halogens is 2. The molecule has 4 heterocycles. The lowest BCUT2D eigenvalue weighted by molar-refractivity contribution is 0.00272. The summed E-state index contributed by atoms with van der Waals surface area (Å²) in [6.45, 7) is 1.80. The van der Waals surface area contributed by atoms with Gasteiger partial charge in [-0.05, 0) is 63.2 Å². The zero-order valence-corrected chi connectivity index (χ0v) is 20.0. The van der Waals surface area contributed by atoms with Gasteiger partial charge in [0.25, 0.3) is 6.43 Å². The molecule has 2 bridgehead atoms. The Morgan fingerprint density at radius 2 is 1.74 bits per heavy atom. The molecule has 2 atom stereocenters. The third kappa shape index (κ3) is 4.01. The average molecular weight is 477 g/mol. The maximum absolute atomic E-state index is 12.9. The number of hydrogen-bond acceptors (Lipinski definition) is 4. The van der Waals surface area contributed by atoms with E-state index in [1.165, 1.54) is 5.56 Å². The van der Waals surface area contributed by atoms with Gasteiger partial charge >= 0.3 is 12.1 Å². The first kappa shape index (κ1) is 23.3. The van der Waals surface area contributed by atoms with Crippen molar-refractivity contribution in [2.45, 2.75) is 68.5 Å². The van der Waals surface area contributed by atoms with Crippen LogP contribution in [0.15, 0.2) is 24.3 Å². The minimum atomic E-state index is -2.63. The lowest BCUT2D eigenvalue weighted by Crippen LogP contribution is -2.56. The van der Waals surface area contributed by atoms with E-state index in [2.05, 4.69) is 23.1 Å². The smallest absolute Gasteiger partial charge is 0.410 e. The normalized spacial score (nSPS) is 27.9. The Labute approximate surface area is 199 Å². The SMILES string of the molecule is CN(C)C(=O)N1CC2(CCN(C3CC4CCC(C3)N4C(=O)OCC(F)F)CC2)c2ccccc21. The van der Waals surface area contributed by atoms with Crippen molar-refractivity contribution in [3.05, 3.63) is 29.8 Å². The molecule has 0 aromatic heterocycles. The predicted octanol–water partition coefficient (Wildman–Crippen LogP) is 3.92. The minimum Gasteiger partial charge on any atom is -0.443 e. The van der Waals surface area contributed by atoms with Gasteiger partial charge in [0.15, 0.2) is 6.61 Å². The molecule has 7 nitrogen and oxygen atoms in total. The molecule has 1 aromatic rings. The van der Waals surface area contributed by atoms with Crippen LogP contribution in [0.25, 0.3) is 0 Å². The Bertz CT molecular complexity index is 920. The molecule has 1 aromatic carbocycles. The molecule has 3 fully saturated rings. The van der Waals surface area contributed by atoms with Gasteiger partial charge in [-0.25, -0.2) is 18.4 Å². The number of piperidine rings is 2. The Kier molecular flexibility index (Phi) is 6.16. The van der Waals surface area contributed by atoms with Crippen LogP contribution in [-0.2, 0) is 10.2 Å². The first-order valence-electron chi connectivity index (χ1n) is 12.3. The number of ether oxygens (including phenoxy) is 1. The molecule has 0 saturated carbocycles. The van der Waals surface area contributed by atoms with E-state index in [1.54, 1.807) is 23.9 Å². The van der Waals surface area contributed by atoms with E-state index < -0.39 is 19.1 Å². The largest absolute Gasteiger partial charge is 0.443 e. The summed E-state index contributed by atoms with van der Waals surface area (Å²) < 4.78 is 29.8. The quantitative estimate of drug-likeness (QED) is 0.664. The van der Waals surface area contributed by atoms with Gasteiger partial charge < -0.3 is 19.4 Å². The Balaban J connectivity index is 1.24. The molecule has 1 spiro atoms. The second-order valence-corrected chi connectivity index (χ2v) is 10.5. The van der Waals surface area contributed by atoms with Gasteiger partial charge in [-0.15, -0.1) is 0 Å². The van der Waals surface area contributed by atoms with Crippen molar-refractivity contribution >= 4 is 17.8 Å². The summed E-state index contributed by atoms with van der Waals surface area (Å²) in [5.41, 5.74) is 2.29. The number of alkyl halides is 2. The molecular formula is C25H34F2N4O3.